The number of benzene rings is 1. The number of ether oxygens (including phenoxy) is 3. The van der Waals surface area contributed by atoms with E-state index >= 15 is 0 Å². The van der Waals surface area contributed by atoms with Crippen LogP contribution in [0.4, 0.5) is 5.82 Å². The number of rotatable bonds is 8. The van der Waals surface area contributed by atoms with Gasteiger partial charge in [-0.05, 0) is 38.8 Å². The van der Waals surface area contributed by atoms with Crippen molar-refractivity contribution in [3.05, 3.63) is 40.7 Å². The van der Waals surface area contributed by atoms with Gasteiger partial charge in [0.15, 0.2) is 5.82 Å². The Labute approximate surface area is 273 Å². The molecule has 4 aliphatic rings. The van der Waals surface area contributed by atoms with E-state index in [1.54, 1.807) is 7.11 Å². The van der Waals surface area contributed by atoms with Gasteiger partial charge in [0.1, 0.15) is 0 Å². The van der Waals surface area contributed by atoms with Crippen LogP contribution in [-0.4, -0.2) is 120 Å². The van der Waals surface area contributed by atoms with E-state index in [0.29, 0.717) is 36.5 Å². The summed E-state index contributed by atoms with van der Waals surface area (Å²) in [4.78, 5) is 18.8. The van der Waals surface area contributed by atoms with E-state index in [0.717, 1.165) is 85.7 Å². The van der Waals surface area contributed by atoms with Crippen LogP contribution in [0.5, 0.6) is 0 Å². The molecule has 242 valence electrons. The Bertz CT molecular complexity index is 1600. The lowest BCUT2D eigenvalue weighted by Crippen LogP contribution is -2.64. The minimum atomic E-state index is -0.385. The molecule has 1 N–H and O–H groups in total. The summed E-state index contributed by atoms with van der Waals surface area (Å²) in [6, 6.07) is 2.04. The summed E-state index contributed by atoms with van der Waals surface area (Å²) in [5, 5.41) is 14.6. The lowest BCUT2D eigenvalue weighted by atomic mass is 9.60. The van der Waals surface area contributed by atoms with Crippen LogP contribution in [0.15, 0.2) is 24.9 Å². The van der Waals surface area contributed by atoms with Crippen molar-refractivity contribution in [3.63, 3.8) is 0 Å². The van der Waals surface area contributed by atoms with Crippen LogP contribution in [0, 0.1) is 12.3 Å². The quantitative estimate of drug-likeness (QED) is 0.357. The highest BCUT2D eigenvalue weighted by Crippen LogP contribution is 2.56. The van der Waals surface area contributed by atoms with Crippen molar-refractivity contribution in [1.82, 2.24) is 29.8 Å². The minimum absolute atomic E-state index is 0.00258. The second-order valence-corrected chi connectivity index (χ2v) is 14.2. The summed E-state index contributed by atoms with van der Waals surface area (Å²) in [7, 11) is 1.75. The molecule has 0 bridgehead atoms. The molecule has 0 unspecified atom stereocenters. The second-order valence-electron chi connectivity index (χ2n) is 13.5. The van der Waals surface area contributed by atoms with E-state index in [4.69, 9.17) is 42.5 Å². The number of hydrogen-bond acceptors (Lipinski definition) is 8. The Morgan fingerprint density at radius 2 is 2.02 bits per heavy atom. The first-order valence-corrected chi connectivity index (χ1v) is 16.4. The summed E-state index contributed by atoms with van der Waals surface area (Å²) in [6.07, 6.45) is 5.20. The van der Waals surface area contributed by atoms with Crippen LogP contribution in [0.1, 0.15) is 31.5 Å². The summed E-state index contributed by atoms with van der Waals surface area (Å²) in [5.74, 6) is 0.872. The maximum Gasteiger partial charge on any atom is 0.245 e. The van der Waals surface area contributed by atoms with Crippen LogP contribution in [-0.2, 0) is 19.0 Å². The van der Waals surface area contributed by atoms with Gasteiger partial charge in [0.25, 0.3) is 0 Å². The predicted molar refractivity (Wildman–Crippen MR) is 174 cm³/mol. The van der Waals surface area contributed by atoms with Crippen LogP contribution < -0.4 is 4.90 Å². The van der Waals surface area contributed by atoms with Gasteiger partial charge in [-0.3, -0.25) is 19.5 Å². The number of methoxy groups -OCH3 is 1. The topological polar surface area (TPSA) is 101 Å². The number of H-pyrrole nitrogens is 1. The average Bonchev–Trinajstić information content (AvgIpc) is 3.57. The summed E-state index contributed by atoms with van der Waals surface area (Å²) >= 11 is 13.8. The van der Waals surface area contributed by atoms with E-state index in [1.807, 2.05) is 17.2 Å². The van der Waals surface area contributed by atoms with Gasteiger partial charge in [0.05, 0.1) is 65.9 Å². The Morgan fingerprint density at radius 3 is 2.73 bits per heavy atom. The van der Waals surface area contributed by atoms with Crippen LogP contribution in [0.3, 0.4) is 0 Å². The number of aromatic amines is 1. The fourth-order valence-corrected chi connectivity index (χ4v) is 8.53. The molecule has 3 saturated heterocycles. The lowest BCUT2D eigenvalue weighted by molar-refractivity contribution is -0.149. The molecule has 0 radical (unpaired) electrons. The molecule has 5 heterocycles. The number of fused-ring (bicyclic) bond motifs is 1. The van der Waals surface area contributed by atoms with Crippen molar-refractivity contribution >= 4 is 45.8 Å². The average molecular weight is 659 g/mol. The van der Waals surface area contributed by atoms with Gasteiger partial charge in [-0.1, -0.05) is 29.8 Å². The number of hydrogen-bond donors (Lipinski definition) is 1. The highest BCUT2D eigenvalue weighted by atomic mass is 35.5. The molecule has 2 aromatic heterocycles. The van der Waals surface area contributed by atoms with Gasteiger partial charge in [-0.25, -0.2) is 0 Å². The molecular formula is C32H41Cl2N7O4. The number of anilines is 1. The molecule has 45 heavy (non-hydrogen) atoms. The normalized spacial score (nSPS) is 25.5. The van der Waals surface area contributed by atoms with E-state index in [-0.39, 0.29) is 29.0 Å². The number of amides is 1. The molecule has 4 fully saturated rings. The van der Waals surface area contributed by atoms with Gasteiger partial charge in [-0.2, -0.15) is 10.2 Å². The van der Waals surface area contributed by atoms with Crippen molar-refractivity contribution in [2.24, 2.45) is 5.41 Å². The lowest BCUT2D eigenvalue weighted by Gasteiger charge is -2.58. The molecule has 1 aliphatic carbocycles. The van der Waals surface area contributed by atoms with Gasteiger partial charge in [0.2, 0.25) is 5.91 Å². The molecule has 3 aliphatic heterocycles. The molecular weight excluding hydrogens is 617 g/mol. The number of nitrogens with one attached hydrogen (secondary N) is 1. The third-order valence-corrected chi connectivity index (χ3v) is 10.9. The summed E-state index contributed by atoms with van der Waals surface area (Å²) < 4.78 is 19.7. The molecule has 11 nitrogen and oxygen atoms in total. The zero-order valence-electron chi connectivity index (χ0n) is 26.2. The van der Waals surface area contributed by atoms with E-state index < -0.39 is 0 Å². The number of aromatic nitrogens is 4. The number of nitrogens with zero attached hydrogens (tertiary/aromatic N) is 6. The van der Waals surface area contributed by atoms with Gasteiger partial charge >= 0.3 is 0 Å². The molecule has 1 aromatic carbocycles. The number of halogens is 2. The Kier molecular flexibility index (Phi) is 8.15. The molecule has 13 heteroatoms. The molecule has 2 atom stereocenters. The maximum atomic E-state index is 12.1. The Hall–Kier alpha value is -2.67. The molecule has 1 saturated carbocycles. The smallest absolute Gasteiger partial charge is 0.245 e. The number of likely N-dealkylation sites (tertiary alicyclic amines) is 1. The number of carbonyl (C=O) groups excluding carboxylic acids is 1. The third-order valence-electron chi connectivity index (χ3n) is 10.2. The zero-order valence-corrected chi connectivity index (χ0v) is 27.7. The van der Waals surface area contributed by atoms with E-state index in [1.165, 1.54) is 6.08 Å². The van der Waals surface area contributed by atoms with Crippen molar-refractivity contribution in [1.29, 1.82) is 0 Å². The molecule has 3 aromatic rings. The fourth-order valence-electron chi connectivity index (χ4n) is 8.08. The second kappa shape index (κ2) is 11.8. The largest absolute Gasteiger partial charge is 0.382 e. The fraction of sp³-hybridized carbons (Fsp3) is 0.594. The van der Waals surface area contributed by atoms with Crippen LogP contribution in [0.2, 0.25) is 10.0 Å². The van der Waals surface area contributed by atoms with Gasteiger partial charge in [0, 0.05) is 74.0 Å². The summed E-state index contributed by atoms with van der Waals surface area (Å²) in [6.45, 7) is 15.1. The standard InChI is InChI=1S/C32H41Cl2N7O4/c1-5-26(42)39-17-32(18-39)11-21(12-32)41-20(2)27(28-23-13-35-36-25(23)10-24(33)29(28)34)30(37-41)40-7-6-38(16-31(40,3)19-43-4)14-22-15-44-8-9-45-22/h5,10,13,21-22H,1,6-9,11-12,14-19H2,2-4H3,(H,35,36)/t22-,31-/m1/s1. The molecule has 1 amide bonds. The van der Waals surface area contributed by atoms with Gasteiger partial charge < -0.3 is 24.0 Å². The van der Waals surface area contributed by atoms with Crippen molar-refractivity contribution < 1.29 is 19.0 Å². The number of piperazine rings is 1. The molecule has 7 rings (SSSR count). The highest BCUT2D eigenvalue weighted by molar-refractivity contribution is 6.45. The van der Waals surface area contributed by atoms with Gasteiger partial charge in [-0.15, -0.1) is 0 Å². The maximum absolute atomic E-state index is 12.1. The first-order chi connectivity index (χ1) is 21.6. The minimum Gasteiger partial charge on any atom is -0.382 e. The first-order valence-electron chi connectivity index (χ1n) is 15.7. The van der Waals surface area contributed by atoms with Crippen molar-refractivity contribution in [2.45, 2.75) is 44.4 Å². The molecule has 1 spiro atoms. The van der Waals surface area contributed by atoms with Crippen LogP contribution >= 0.6 is 23.2 Å². The van der Waals surface area contributed by atoms with Crippen molar-refractivity contribution in [3.8, 4) is 11.1 Å². The monoisotopic (exact) mass is 657 g/mol. The summed E-state index contributed by atoms with van der Waals surface area (Å²) in [5.41, 5.74) is 3.41. The number of carbonyl (C=O) groups is 1. The van der Waals surface area contributed by atoms with E-state index in [2.05, 4.69) is 45.1 Å². The highest BCUT2D eigenvalue weighted by Gasteiger charge is 2.55. The zero-order chi connectivity index (χ0) is 31.5. The Balaban J connectivity index is 1.26. The Morgan fingerprint density at radius 1 is 1.22 bits per heavy atom. The third kappa shape index (κ3) is 5.35. The SMILES string of the molecule is C=CC(=O)N1CC2(CC(n3nc(N4CCN(C[C@@H]5COCCO5)C[C@]4(C)COC)c(-c4c(Cl)c(Cl)cc5[nH]ncc45)c3C)C2)C1. The van der Waals surface area contributed by atoms with E-state index in [9.17, 15) is 4.79 Å². The van der Waals surface area contributed by atoms with Crippen LogP contribution in [0.25, 0.3) is 22.0 Å². The van der Waals surface area contributed by atoms with Crippen molar-refractivity contribution in [2.75, 3.05) is 77.7 Å². The first kappa shape index (κ1) is 31.0. The predicted octanol–water partition coefficient (Wildman–Crippen LogP) is 4.33.